The minimum absolute atomic E-state index is 0.0533. The third-order valence-electron chi connectivity index (χ3n) is 5.91. The Labute approximate surface area is 180 Å². The van der Waals surface area contributed by atoms with Gasteiger partial charge < -0.3 is 19.2 Å². The van der Waals surface area contributed by atoms with Gasteiger partial charge in [0.15, 0.2) is 0 Å². The Balaban J connectivity index is 1.48. The number of amides is 1. The molecule has 1 aliphatic carbocycles. The van der Waals surface area contributed by atoms with Crippen LogP contribution in [0.25, 0.3) is 16.9 Å². The molecule has 5 rings (SSSR count). The number of benzene rings is 2. The van der Waals surface area contributed by atoms with Gasteiger partial charge in [0, 0.05) is 23.5 Å². The zero-order chi connectivity index (χ0) is 21.4. The quantitative estimate of drug-likeness (QED) is 0.498. The number of hydrogen-bond acceptors (Lipinski definition) is 4. The van der Waals surface area contributed by atoms with Crippen LogP contribution in [0.2, 0.25) is 0 Å². The fraction of sp³-hybridized carbons (Fsp3) is 0.200. The van der Waals surface area contributed by atoms with E-state index >= 15 is 0 Å². The number of para-hydroxylation sites is 1. The Morgan fingerprint density at radius 1 is 1.00 bits per heavy atom. The standard InChI is InChI=1S/C25H23N3O3/c1-30-21-8-4-3-7-18(21)25(12-13-25)24(29)27-19-15-17(10-11-22(19)31-2)20-16-28-14-6-5-9-23(28)26-20/h3-11,14-16H,12-13H2,1-2H3,(H,27,29). The Morgan fingerprint density at radius 3 is 2.52 bits per heavy atom. The molecule has 2 aromatic carbocycles. The van der Waals surface area contributed by atoms with Gasteiger partial charge >= 0.3 is 0 Å². The fourth-order valence-electron chi connectivity index (χ4n) is 4.06. The van der Waals surface area contributed by atoms with E-state index in [1.165, 1.54) is 0 Å². The maximum atomic E-state index is 13.4. The lowest BCUT2D eigenvalue weighted by Crippen LogP contribution is -2.28. The fourth-order valence-corrected chi connectivity index (χ4v) is 4.06. The van der Waals surface area contributed by atoms with Gasteiger partial charge in [0.25, 0.3) is 0 Å². The summed E-state index contributed by atoms with van der Waals surface area (Å²) in [5, 5.41) is 3.10. The summed E-state index contributed by atoms with van der Waals surface area (Å²) in [5.74, 6) is 1.29. The molecule has 4 aromatic rings. The normalized spacial score (nSPS) is 14.3. The van der Waals surface area contributed by atoms with E-state index in [-0.39, 0.29) is 5.91 Å². The van der Waals surface area contributed by atoms with Crippen LogP contribution >= 0.6 is 0 Å². The molecule has 1 fully saturated rings. The summed E-state index contributed by atoms with van der Waals surface area (Å²) in [7, 11) is 3.23. The monoisotopic (exact) mass is 413 g/mol. The zero-order valence-corrected chi connectivity index (χ0v) is 17.5. The van der Waals surface area contributed by atoms with E-state index in [2.05, 4.69) is 10.3 Å². The molecule has 0 bridgehead atoms. The van der Waals surface area contributed by atoms with Crippen molar-refractivity contribution in [2.75, 3.05) is 19.5 Å². The van der Waals surface area contributed by atoms with Crippen molar-refractivity contribution in [3.05, 3.63) is 78.6 Å². The van der Waals surface area contributed by atoms with Crippen LogP contribution in [0.4, 0.5) is 5.69 Å². The highest BCUT2D eigenvalue weighted by Crippen LogP contribution is 2.52. The molecule has 156 valence electrons. The first-order chi connectivity index (χ1) is 15.1. The highest BCUT2D eigenvalue weighted by Gasteiger charge is 2.53. The minimum Gasteiger partial charge on any atom is -0.496 e. The van der Waals surface area contributed by atoms with Gasteiger partial charge in [-0.2, -0.15) is 0 Å². The first kappa shape index (κ1) is 19.2. The zero-order valence-electron chi connectivity index (χ0n) is 17.5. The third-order valence-corrected chi connectivity index (χ3v) is 5.91. The molecule has 0 spiro atoms. The highest BCUT2D eigenvalue weighted by atomic mass is 16.5. The average molecular weight is 413 g/mol. The van der Waals surface area contributed by atoms with Crippen molar-refractivity contribution in [2.45, 2.75) is 18.3 Å². The van der Waals surface area contributed by atoms with Crippen LogP contribution in [-0.4, -0.2) is 29.5 Å². The number of carbonyl (C=O) groups excluding carboxylic acids is 1. The van der Waals surface area contributed by atoms with Gasteiger partial charge in [0.1, 0.15) is 17.1 Å². The van der Waals surface area contributed by atoms with Crippen molar-refractivity contribution in [1.82, 2.24) is 9.38 Å². The lowest BCUT2D eigenvalue weighted by Gasteiger charge is -2.19. The number of nitrogens with zero attached hydrogens (tertiary/aromatic N) is 2. The molecule has 1 N–H and O–H groups in total. The molecule has 1 aliphatic rings. The largest absolute Gasteiger partial charge is 0.496 e. The van der Waals surface area contributed by atoms with Gasteiger partial charge in [-0.05, 0) is 49.2 Å². The van der Waals surface area contributed by atoms with E-state index < -0.39 is 5.41 Å². The number of fused-ring (bicyclic) bond motifs is 1. The Bertz CT molecular complexity index is 1240. The molecule has 2 aromatic heterocycles. The SMILES string of the molecule is COc1ccc(-c2cn3ccccc3n2)cc1NC(=O)C1(c2ccccc2OC)CC1. The van der Waals surface area contributed by atoms with Crippen molar-refractivity contribution in [1.29, 1.82) is 0 Å². The number of imidazole rings is 1. The van der Waals surface area contributed by atoms with Crippen molar-refractivity contribution in [3.63, 3.8) is 0 Å². The van der Waals surface area contributed by atoms with Crippen LogP contribution in [0.5, 0.6) is 11.5 Å². The molecule has 0 radical (unpaired) electrons. The summed E-state index contributed by atoms with van der Waals surface area (Å²) in [6.45, 7) is 0. The molecule has 0 atom stereocenters. The predicted octanol–water partition coefficient (Wildman–Crippen LogP) is 4.69. The van der Waals surface area contributed by atoms with E-state index in [1.54, 1.807) is 14.2 Å². The van der Waals surface area contributed by atoms with Gasteiger partial charge in [-0.15, -0.1) is 0 Å². The smallest absolute Gasteiger partial charge is 0.235 e. The van der Waals surface area contributed by atoms with E-state index in [9.17, 15) is 4.79 Å². The molecular formula is C25H23N3O3. The second-order valence-electron chi connectivity index (χ2n) is 7.74. The lowest BCUT2D eigenvalue weighted by atomic mass is 9.93. The van der Waals surface area contributed by atoms with E-state index in [0.29, 0.717) is 11.4 Å². The molecule has 0 saturated heterocycles. The minimum atomic E-state index is -0.573. The number of nitrogens with one attached hydrogen (secondary N) is 1. The third kappa shape index (κ3) is 3.30. The van der Waals surface area contributed by atoms with Gasteiger partial charge in [-0.3, -0.25) is 4.79 Å². The Hall–Kier alpha value is -3.80. The molecule has 31 heavy (non-hydrogen) atoms. The van der Waals surface area contributed by atoms with E-state index in [1.807, 2.05) is 77.5 Å². The summed E-state index contributed by atoms with van der Waals surface area (Å²) in [5.41, 5.74) is 3.58. The maximum absolute atomic E-state index is 13.4. The number of hydrogen-bond donors (Lipinski definition) is 1. The van der Waals surface area contributed by atoms with Crippen molar-refractivity contribution < 1.29 is 14.3 Å². The summed E-state index contributed by atoms with van der Waals surface area (Å²) in [6.07, 6.45) is 5.50. The molecule has 6 heteroatoms. The van der Waals surface area contributed by atoms with E-state index in [4.69, 9.17) is 9.47 Å². The van der Waals surface area contributed by atoms with Crippen LogP contribution in [-0.2, 0) is 10.2 Å². The number of methoxy groups -OCH3 is 2. The number of anilines is 1. The van der Waals surface area contributed by atoms with Gasteiger partial charge in [0.2, 0.25) is 5.91 Å². The number of pyridine rings is 1. The lowest BCUT2D eigenvalue weighted by molar-refractivity contribution is -0.118. The maximum Gasteiger partial charge on any atom is 0.235 e. The second kappa shape index (κ2) is 7.47. The summed E-state index contributed by atoms with van der Waals surface area (Å²) >= 11 is 0. The molecule has 0 aliphatic heterocycles. The Morgan fingerprint density at radius 2 is 1.77 bits per heavy atom. The highest BCUT2D eigenvalue weighted by molar-refractivity contribution is 6.03. The van der Waals surface area contributed by atoms with E-state index in [0.717, 1.165) is 41.1 Å². The number of rotatable bonds is 6. The predicted molar refractivity (Wildman–Crippen MR) is 120 cm³/mol. The molecular weight excluding hydrogens is 390 g/mol. The van der Waals surface area contributed by atoms with Crippen molar-refractivity contribution in [3.8, 4) is 22.8 Å². The van der Waals surface area contributed by atoms with Crippen LogP contribution < -0.4 is 14.8 Å². The van der Waals surface area contributed by atoms with Gasteiger partial charge in [-0.25, -0.2) is 4.98 Å². The molecule has 1 saturated carbocycles. The summed E-state index contributed by atoms with van der Waals surface area (Å²) in [6, 6.07) is 19.3. The topological polar surface area (TPSA) is 64.9 Å². The van der Waals surface area contributed by atoms with Crippen LogP contribution in [0, 0.1) is 0 Å². The van der Waals surface area contributed by atoms with Crippen LogP contribution in [0.1, 0.15) is 18.4 Å². The summed E-state index contributed by atoms with van der Waals surface area (Å²) < 4.78 is 13.0. The van der Waals surface area contributed by atoms with Gasteiger partial charge in [0.05, 0.1) is 31.0 Å². The number of ether oxygens (including phenoxy) is 2. The second-order valence-corrected chi connectivity index (χ2v) is 7.74. The first-order valence-corrected chi connectivity index (χ1v) is 10.2. The van der Waals surface area contributed by atoms with Crippen molar-refractivity contribution in [2.24, 2.45) is 0 Å². The molecule has 0 unspecified atom stereocenters. The first-order valence-electron chi connectivity index (χ1n) is 10.2. The number of carbonyl (C=O) groups is 1. The van der Waals surface area contributed by atoms with Crippen LogP contribution in [0.15, 0.2) is 73.1 Å². The summed E-state index contributed by atoms with van der Waals surface area (Å²) in [4.78, 5) is 18.1. The number of aromatic nitrogens is 2. The average Bonchev–Trinajstić information content (AvgIpc) is 3.51. The molecule has 1 amide bonds. The Kier molecular flexibility index (Phi) is 4.62. The molecule has 2 heterocycles. The van der Waals surface area contributed by atoms with Crippen molar-refractivity contribution >= 4 is 17.2 Å². The molecule has 6 nitrogen and oxygen atoms in total. The van der Waals surface area contributed by atoms with Gasteiger partial charge in [-0.1, -0.05) is 24.3 Å². The van der Waals surface area contributed by atoms with Crippen LogP contribution in [0.3, 0.4) is 0 Å².